The van der Waals surface area contributed by atoms with Gasteiger partial charge in [-0.25, -0.2) is 0 Å². The Kier molecular flexibility index (Phi) is 6.25. The second-order valence-electron chi connectivity index (χ2n) is 7.14. The third-order valence-electron chi connectivity index (χ3n) is 4.79. The van der Waals surface area contributed by atoms with Gasteiger partial charge in [0.1, 0.15) is 10.6 Å². The van der Waals surface area contributed by atoms with Gasteiger partial charge in [-0.05, 0) is 30.7 Å². The van der Waals surface area contributed by atoms with Crippen LogP contribution >= 0.6 is 23.1 Å². The molecule has 2 aromatic carbocycles. The van der Waals surface area contributed by atoms with Crippen LogP contribution in [0.5, 0.6) is 0 Å². The highest BCUT2D eigenvalue weighted by molar-refractivity contribution is 8.00. The number of furan rings is 1. The number of aryl methyl sites for hydroxylation is 1. The number of halogens is 3. The summed E-state index contributed by atoms with van der Waals surface area (Å²) in [5.41, 5.74) is 1.22. The van der Waals surface area contributed by atoms with Gasteiger partial charge >= 0.3 is 6.18 Å². The molecule has 10 heteroatoms. The normalized spacial score (nSPS) is 11.8. The van der Waals surface area contributed by atoms with Gasteiger partial charge in [-0.2, -0.15) is 13.2 Å². The maximum atomic E-state index is 13.2. The number of hydrogen-bond acceptors (Lipinski definition) is 6. The standard InChI is InChI=1S/C22H18F3N3O2S2/c1-13-26-27-21(32-13)31-12-17-16-5-3-4-6-18(16)30-19(17)20(29)28(2)11-14-7-9-15(10-8-14)22(23,24)25/h3-10H,11-12H2,1-2H3. The quantitative estimate of drug-likeness (QED) is 0.311. The highest BCUT2D eigenvalue weighted by atomic mass is 32.2. The molecule has 0 aliphatic carbocycles. The highest BCUT2D eigenvalue weighted by Crippen LogP contribution is 2.34. The van der Waals surface area contributed by atoms with Gasteiger partial charge in [0.15, 0.2) is 10.1 Å². The van der Waals surface area contributed by atoms with E-state index >= 15 is 0 Å². The number of amides is 1. The Balaban J connectivity index is 1.56. The molecule has 4 rings (SSSR count). The van der Waals surface area contributed by atoms with Gasteiger partial charge in [0.2, 0.25) is 0 Å². The minimum atomic E-state index is -4.40. The fraction of sp³-hybridized carbons (Fsp3) is 0.227. The lowest BCUT2D eigenvalue weighted by molar-refractivity contribution is -0.137. The topological polar surface area (TPSA) is 59.2 Å². The number of nitrogens with zero attached hydrogens (tertiary/aromatic N) is 3. The molecule has 4 aromatic rings. The molecule has 166 valence electrons. The van der Waals surface area contributed by atoms with E-state index in [9.17, 15) is 18.0 Å². The van der Waals surface area contributed by atoms with E-state index in [-0.39, 0.29) is 18.2 Å². The summed E-state index contributed by atoms with van der Waals surface area (Å²) in [6.07, 6.45) is -4.40. The Labute approximate surface area is 190 Å². The van der Waals surface area contributed by atoms with Crippen molar-refractivity contribution in [3.8, 4) is 0 Å². The van der Waals surface area contributed by atoms with E-state index in [0.717, 1.165) is 32.4 Å². The van der Waals surface area contributed by atoms with Crippen LogP contribution in [0, 0.1) is 6.92 Å². The van der Waals surface area contributed by atoms with Crippen molar-refractivity contribution in [1.82, 2.24) is 15.1 Å². The molecule has 0 saturated carbocycles. The molecule has 2 aromatic heterocycles. The Morgan fingerprint density at radius 3 is 2.50 bits per heavy atom. The lowest BCUT2D eigenvalue weighted by Gasteiger charge is -2.17. The van der Waals surface area contributed by atoms with Crippen molar-refractivity contribution in [2.24, 2.45) is 0 Å². The molecule has 0 spiro atoms. The van der Waals surface area contributed by atoms with Crippen LogP contribution in [-0.2, 0) is 18.5 Å². The summed E-state index contributed by atoms with van der Waals surface area (Å²) in [4.78, 5) is 14.6. The smallest absolute Gasteiger partial charge is 0.416 e. The molecule has 0 aliphatic rings. The summed E-state index contributed by atoms with van der Waals surface area (Å²) in [5, 5.41) is 9.82. The van der Waals surface area contributed by atoms with Crippen LogP contribution in [0.3, 0.4) is 0 Å². The van der Waals surface area contributed by atoms with Crippen LogP contribution in [0.4, 0.5) is 13.2 Å². The molecule has 0 fully saturated rings. The largest absolute Gasteiger partial charge is 0.451 e. The first-order valence-corrected chi connectivity index (χ1v) is 11.4. The second-order valence-corrected chi connectivity index (χ2v) is 9.54. The van der Waals surface area contributed by atoms with E-state index in [1.54, 1.807) is 13.1 Å². The van der Waals surface area contributed by atoms with Gasteiger partial charge < -0.3 is 9.32 Å². The number of thioether (sulfide) groups is 1. The van der Waals surface area contributed by atoms with Crippen LogP contribution in [0.2, 0.25) is 0 Å². The number of carbonyl (C=O) groups excluding carboxylic acids is 1. The van der Waals surface area contributed by atoms with Crippen molar-refractivity contribution in [3.05, 3.63) is 76.0 Å². The number of rotatable bonds is 6. The summed E-state index contributed by atoms with van der Waals surface area (Å²) >= 11 is 2.95. The predicted molar refractivity (Wildman–Crippen MR) is 118 cm³/mol. The van der Waals surface area contributed by atoms with Crippen molar-refractivity contribution in [3.63, 3.8) is 0 Å². The van der Waals surface area contributed by atoms with E-state index in [4.69, 9.17) is 4.42 Å². The summed E-state index contributed by atoms with van der Waals surface area (Å²) in [6, 6.07) is 12.2. The number of para-hydroxylation sites is 1. The second kappa shape index (κ2) is 8.95. The first kappa shape index (κ1) is 22.3. The molecule has 5 nitrogen and oxygen atoms in total. The van der Waals surface area contributed by atoms with Crippen LogP contribution < -0.4 is 0 Å². The zero-order valence-corrected chi connectivity index (χ0v) is 18.8. The van der Waals surface area contributed by atoms with Gasteiger partial charge in [0.25, 0.3) is 5.91 Å². The van der Waals surface area contributed by atoms with Gasteiger partial charge in [0.05, 0.1) is 5.56 Å². The molecule has 0 unspecified atom stereocenters. The first-order chi connectivity index (χ1) is 15.2. The highest BCUT2D eigenvalue weighted by Gasteiger charge is 2.30. The monoisotopic (exact) mass is 477 g/mol. The Bertz CT molecular complexity index is 1250. The zero-order chi connectivity index (χ0) is 22.9. The number of benzene rings is 2. The van der Waals surface area contributed by atoms with E-state index in [1.807, 2.05) is 25.1 Å². The molecule has 1 amide bonds. The summed E-state index contributed by atoms with van der Waals surface area (Å²) in [5.74, 6) is 0.348. The lowest BCUT2D eigenvalue weighted by Crippen LogP contribution is -2.26. The average molecular weight is 478 g/mol. The molecule has 0 saturated heterocycles. The Morgan fingerprint density at radius 2 is 1.84 bits per heavy atom. The molecule has 0 radical (unpaired) electrons. The van der Waals surface area contributed by atoms with E-state index in [2.05, 4.69) is 10.2 Å². The van der Waals surface area contributed by atoms with Gasteiger partial charge in [0, 0.05) is 30.3 Å². The number of hydrogen-bond donors (Lipinski definition) is 0. The Hall–Kier alpha value is -2.85. The fourth-order valence-corrected chi connectivity index (χ4v) is 5.05. The zero-order valence-electron chi connectivity index (χ0n) is 17.1. The van der Waals surface area contributed by atoms with Gasteiger partial charge in [-0.15, -0.1) is 10.2 Å². The SMILES string of the molecule is Cc1nnc(SCc2c(C(=O)N(C)Cc3ccc(C(F)(F)F)cc3)oc3ccccc23)s1. The molecule has 0 N–H and O–H groups in total. The number of carbonyl (C=O) groups is 1. The van der Waals surface area contributed by atoms with E-state index in [1.165, 1.54) is 40.1 Å². The maximum absolute atomic E-state index is 13.2. The molecule has 0 bridgehead atoms. The van der Waals surface area contributed by atoms with Crippen molar-refractivity contribution in [2.75, 3.05) is 7.05 Å². The van der Waals surface area contributed by atoms with E-state index < -0.39 is 11.7 Å². The molecule has 0 aliphatic heterocycles. The van der Waals surface area contributed by atoms with Crippen molar-refractivity contribution in [2.45, 2.75) is 29.7 Å². The summed E-state index contributed by atoms with van der Waals surface area (Å²) in [7, 11) is 1.60. The summed E-state index contributed by atoms with van der Waals surface area (Å²) < 4.78 is 45.0. The Morgan fingerprint density at radius 1 is 1.12 bits per heavy atom. The minimum Gasteiger partial charge on any atom is -0.451 e. The van der Waals surface area contributed by atoms with Crippen molar-refractivity contribution >= 4 is 40.0 Å². The maximum Gasteiger partial charge on any atom is 0.416 e. The fourth-order valence-electron chi connectivity index (χ4n) is 3.20. The van der Waals surface area contributed by atoms with Crippen LogP contribution in [0.25, 0.3) is 11.0 Å². The van der Waals surface area contributed by atoms with Crippen molar-refractivity contribution < 1.29 is 22.4 Å². The minimum absolute atomic E-state index is 0.149. The third-order valence-corrected chi connectivity index (χ3v) is 6.79. The molecule has 0 atom stereocenters. The third kappa shape index (κ3) is 4.81. The first-order valence-electron chi connectivity index (χ1n) is 9.57. The molecular formula is C22H18F3N3O2S2. The predicted octanol–water partition coefficient (Wildman–Crippen LogP) is 6.18. The van der Waals surface area contributed by atoms with Crippen LogP contribution in [-0.4, -0.2) is 28.1 Å². The van der Waals surface area contributed by atoms with Crippen molar-refractivity contribution in [1.29, 1.82) is 0 Å². The average Bonchev–Trinajstić information content (AvgIpc) is 3.34. The van der Waals surface area contributed by atoms with Gasteiger partial charge in [-0.3, -0.25) is 4.79 Å². The summed E-state index contributed by atoms with van der Waals surface area (Å²) in [6.45, 7) is 2.02. The van der Waals surface area contributed by atoms with Crippen LogP contribution in [0.1, 0.15) is 32.3 Å². The number of alkyl halides is 3. The molecular weight excluding hydrogens is 459 g/mol. The van der Waals surface area contributed by atoms with Crippen LogP contribution in [0.15, 0.2) is 57.3 Å². The molecule has 32 heavy (non-hydrogen) atoms. The molecule has 2 heterocycles. The van der Waals surface area contributed by atoms with E-state index in [0.29, 0.717) is 16.9 Å². The number of aromatic nitrogens is 2. The van der Waals surface area contributed by atoms with Gasteiger partial charge in [-0.1, -0.05) is 53.4 Å². The number of fused-ring (bicyclic) bond motifs is 1. The lowest BCUT2D eigenvalue weighted by atomic mass is 10.1.